The summed E-state index contributed by atoms with van der Waals surface area (Å²) in [5.74, 6) is 1.38. The number of carbonyl (C=O) groups is 1. The highest BCUT2D eigenvalue weighted by Crippen LogP contribution is 2.40. The molecule has 1 aliphatic carbocycles. The van der Waals surface area contributed by atoms with E-state index in [4.69, 9.17) is 9.26 Å². The summed E-state index contributed by atoms with van der Waals surface area (Å²) in [6.07, 6.45) is 4.20. The fourth-order valence-electron chi connectivity index (χ4n) is 3.71. The van der Waals surface area contributed by atoms with Crippen LogP contribution in [0.3, 0.4) is 0 Å². The zero-order chi connectivity index (χ0) is 19.5. The zero-order valence-electron chi connectivity index (χ0n) is 16.2. The van der Waals surface area contributed by atoms with E-state index in [9.17, 15) is 4.79 Å². The minimum Gasteiger partial charge on any atom is -0.495 e. The Morgan fingerprint density at radius 1 is 1.21 bits per heavy atom. The predicted octanol–water partition coefficient (Wildman–Crippen LogP) is 5.24. The fraction of sp³-hybridized carbons (Fsp3) is 0.304. The molecule has 0 radical (unpaired) electrons. The van der Waals surface area contributed by atoms with Gasteiger partial charge in [0, 0.05) is 23.1 Å². The van der Waals surface area contributed by atoms with E-state index in [1.807, 2.05) is 24.3 Å². The van der Waals surface area contributed by atoms with E-state index in [-0.39, 0.29) is 5.91 Å². The number of nitrogens with zero attached hydrogens (tertiary/aromatic N) is 1. The summed E-state index contributed by atoms with van der Waals surface area (Å²) >= 11 is 0. The molecule has 4 rings (SSSR count). The lowest BCUT2D eigenvalue weighted by Crippen LogP contribution is -2.12. The number of carbonyl (C=O) groups excluding carboxylic acids is 1. The van der Waals surface area contributed by atoms with Crippen molar-refractivity contribution in [2.75, 3.05) is 12.4 Å². The summed E-state index contributed by atoms with van der Waals surface area (Å²) in [6, 6.07) is 14.0. The molecule has 5 nitrogen and oxygen atoms in total. The Balaban J connectivity index is 1.69. The first-order valence-corrected chi connectivity index (χ1v) is 9.76. The minimum absolute atomic E-state index is 0.00849. The Kier molecular flexibility index (Phi) is 5.15. The molecule has 0 bridgehead atoms. The summed E-state index contributed by atoms with van der Waals surface area (Å²) < 4.78 is 11.2. The largest absolute Gasteiger partial charge is 0.495 e. The van der Waals surface area contributed by atoms with Crippen molar-refractivity contribution in [3.05, 3.63) is 53.6 Å². The van der Waals surface area contributed by atoms with Crippen LogP contribution in [0.4, 0.5) is 5.69 Å². The number of fused-ring (bicyclic) bond motifs is 3. The number of hydrogen-bond donors (Lipinski definition) is 1. The number of benzene rings is 2. The lowest BCUT2D eigenvalue weighted by Gasteiger charge is -2.15. The van der Waals surface area contributed by atoms with Crippen molar-refractivity contribution in [2.45, 2.75) is 39.0 Å². The van der Waals surface area contributed by atoms with Crippen LogP contribution < -0.4 is 10.1 Å². The van der Waals surface area contributed by atoms with E-state index in [0.717, 1.165) is 53.8 Å². The number of hydrogen-bond acceptors (Lipinski definition) is 4. The van der Waals surface area contributed by atoms with Crippen LogP contribution in [0.5, 0.6) is 5.75 Å². The number of nitrogens with one attached hydrogen (secondary N) is 1. The van der Waals surface area contributed by atoms with E-state index in [1.165, 1.54) is 5.56 Å². The number of unbranched alkanes of at least 4 members (excludes halogenated alkanes) is 1. The average Bonchev–Trinajstić information content (AvgIpc) is 3.17. The molecular weight excluding hydrogens is 352 g/mol. The van der Waals surface area contributed by atoms with Crippen molar-refractivity contribution in [1.29, 1.82) is 0 Å². The van der Waals surface area contributed by atoms with Gasteiger partial charge >= 0.3 is 0 Å². The van der Waals surface area contributed by atoms with Crippen molar-refractivity contribution in [3.8, 4) is 28.3 Å². The smallest absolute Gasteiger partial charge is 0.224 e. The SMILES string of the molecule is CCCCC(=O)Nc1cc(-c2onc3c2CCc2ccccc2-3)ccc1OC. The third-order valence-corrected chi connectivity index (χ3v) is 5.20. The van der Waals surface area contributed by atoms with Gasteiger partial charge in [0.2, 0.25) is 5.91 Å². The van der Waals surface area contributed by atoms with Gasteiger partial charge in [0.25, 0.3) is 0 Å². The van der Waals surface area contributed by atoms with E-state index < -0.39 is 0 Å². The maximum Gasteiger partial charge on any atom is 0.224 e. The van der Waals surface area contributed by atoms with Crippen LogP contribution >= 0.6 is 0 Å². The second-order valence-corrected chi connectivity index (χ2v) is 7.06. The maximum atomic E-state index is 12.2. The van der Waals surface area contributed by atoms with Crippen molar-refractivity contribution in [2.24, 2.45) is 0 Å². The Morgan fingerprint density at radius 2 is 2.07 bits per heavy atom. The minimum atomic E-state index is -0.00849. The normalized spacial score (nSPS) is 12.2. The van der Waals surface area contributed by atoms with Crippen LogP contribution in [-0.2, 0) is 17.6 Å². The first-order valence-electron chi connectivity index (χ1n) is 9.76. The number of rotatable bonds is 6. The monoisotopic (exact) mass is 376 g/mol. The number of amides is 1. The van der Waals surface area contributed by atoms with Crippen LogP contribution in [0.1, 0.15) is 37.3 Å². The molecule has 1 N–H and O–H groups in total. The molecular formula is C23H24N2O3. The molecule has 1 amide bonds. The van der Waals surface area contributed by atoms with Crippen molar-refractivity contribution in [3.63, 3.8) is 0 Å². The molecule has 5 heteroatoms. The molecule has 0 fully saturated rings. The van der Waals surface area contributed by atoms with Crippen LogP contribution in [0, 0.1) is 0 Å². The lowest BCUT2D eigenvalue weighted by atomic mass is 9.88. The van der Waals surface area contributed by atoms with Crippen molar-refractivity contribution >= 4 is 11.6 Å². The molecule has 0 saturated carbocycles. The molecule has 0 unspecified atom stereocenters. The third kappa shape index (κ3) is 3.40. The quantitative estimate of drug-likeness (QED) is 0.638. The van der Waals surface area contributed by atoms with E-state index in [2.05, 4.69) is 35.6 Å². The summed E-state index contributed by atoms with van der Waals surface area (Å²) in [6.45, 7) is 2.07. The van der Waals surface area contributed by atoms with Gasteiger partial charge in [-0.15, -0.1) is 0 Å². The molecule has 3 aromatic rings. The molecule has 1 aromatic heterocycles. The molecule has 144 valence electrons. The molecule has 28 heavy (non-hydrogen) atoms. The zero-order valence-corrected chi connectivity index (χ0v) is 16.2. The van der Waals surface area contributed by atoms with Gasteiger partial charge in [-0.3, -0.25) is 4.79 Å². The number of anilines is 1. The van der Waals surface area contributed by atoms with Crippen LogP contribution in [-0.4, -0.2) is 18.2 Å². The molecule has 0 aliphatic heterocycles. The fourth-order valence-corrected chi connectivity index (χ4v) is 3.71. The lowest BCUT2D eigenvalue weighted by molar-refractivity contribution is -0.116. The highest BCUT2D eigenvalue weighted by molar-refractivity contribution is 5.93. The van der Waals surface area contributed by atoms with Gasteiger partial charge in [0.15, 0.2) is 5.76 Å². The Labute approximate surface area is 164 Å². The second kappa shape index (κ2) is 7.89. The highest BCUT2D eigenvalue weighted by atomic mass is 16.5. The third-order valence-electron chi connectivity index (χ3n) is 5.20. The van der Waals surface area contributed by atoms with Gasteiger partial charge in [0.05, 0.1) is 12.8 Å². The van der Waals surface area contributed by atoms with Gasteiger partial charge in [-0.25, -0.2) is 0 Å². The summed E-state index contributed by atoms with van der Waals surface area (Å²) in [5, 5.41) is 7.32. The Morgan fingerprint density at radius 3 is 2.89 bits per heavy atom. The Bertz CT molecular complexity index is 1010. The average molecular weight is 376 g/mol. The van der Waals surface area contributed by atoms with Crippen LogP contribution in [0.15, 0.2) is 47.0 Å². The van der Waals surface area contributed by atoms with Gasteiger partial charge in [-0.1, -0.05) is 42.8 Å². The van der Waals surface area contributed by atoms with Crippen LogP contribution in [0.25, 0.3) is 22.6 Å². The summed E-state index contributed by atoms with van der Waals surface area (Å²) in [7, 11) is 1.60. The standard InChI is InChI=1S/C23H24N2O3/c1-3-4-9-21(26)24-19-14-16(11-13-20(19)27-2)23-18-12-10-15-7-5-6-8-17(15)22(18)25-28-23/h5-8,11,13-14H,3-4,9-10,12H2,1-2H3,(H,24,26). The maximum absolute atomic E-state index is 12.2. The first kappa shape index (κ1) is 18.3. The topological polar surface area (TPSA) is 64.4 Å². The first-order chi connectivity index (χ1) is 13.7. The number of aryl methyl sites for hydroxylation is 1. The van der Waals surface area contributed by atoms with Gasteiger partial charge in [-0.2, -0.15) is 0 Å². The molecule has 0 atom stereocenters. The van der Waals surface area contributed by atoms with Crippen molar-refractivity contribution < 1.29 is 14.1 Å². The van der Waals surface area contributed by atoms with Gasteiger partial charge in [-0.05, 0) is 43.0 Å². The van der Waals surface area contributed by atoms with E-state index in [0.29, 0.717) is 17.9 Å². The van der Waals surface area contributed by atoms with E-state index >= 15 is 0 Å². The molecule has 1 aliphatic rings. The number of aromatic nitrogens is 1. The molecule has 1 heterocycles. The van der Waals surface area contributed by atoms with Gasteiger partial charge in [0.1, 0.15) is 11.4 Å². The van der Waals surface area contributed by atoms with E-state index in [1.54, 1.807) is 7.11 Å². The molecule has 0 spiro atoms. The van der Waals surface area contributed by atoms with Gasteiger partial charge < -0.3 is 14.6 Å². The number of methoxy groups -OCH3 is 1. The van der Waals surface area contributed by atoms with Crippen LogP contribution in [0.2, 0.25) is 0 Å². The number of ether oxygens (including phenoxy) is 1. The van der Waals surface area contributed by atoms with Crippen molar-refractivity contribution in [1.82, 2.24) is 5.16 Å². The summed E-state index contributed by atoms with van der Waals surface area (Å²) in [4.78, 5) is 12.2. The highest BCUT2D eigenvalue weighted by Gasteiger charge is 2.25. The Hall–Kier alpha value is -3.08. The second-order valence-electron chi connectivity index (χ2n) is 7.06. The molecule has 2 aromatic carbocycles. The summed E-state index contributed by atoms with van der Waals surface area (Å²) in [5.41, 5.74) is 6.02. The predicted molar refractivity (Wildman–Crippen MR) is 109 cm³/mol. The molecule has 0 saturated heterocycles.